The average Bonchev–Trinajstić information content (AvgIpc) is 3.30. The predicted molar refractivity (Wildman–Crippen MR) is 139 cm³/mol. The summed E-state index contributed by atoms with van der Waals surface area (Å²) in [7, 11) is -3.74. The van der Waals surface area contributed by atoms with Crippen LogP contribution in [0.15, 0.2) is 59.6 Å². The molecule has 1 unspecified atom stereocenters. The number of hydrogen-bond acceptors (Lipinski definition) is 7. The Morgan fingerprint density at radius 2 is 1.86 bits per heavy atom. The number of carbonyl (C=O) groups excluding carboxylic acids is 2. The topological polar surface area (TPSA) is 132 Å². The van der Waals surface area contributed by atoms with Crippen molar-refractivity contribution in [2.45, 2.75) is 45.2 Å². The fourth-order valence-corrected chi connectivity index (χ4v) is 4.82. The zero-order valence-corrected chi connectivity index (χ0v) is 22.4. The fraction of sp³-hybridized carbons (Fsp3) is 0.360. The molecule has 198 valence electrons. The lowest BCUT2D eigenvalue weighted by molar-refractivity contribution is -0.151. The predicted octanol–water partition coefficient (Wildman–Crippen LogP) is 3.62. The van der Waals surface area contributed by atoms with E-state index in [4.69, 9.17) is 16.3 Å². The summed E-state index contributed by atoms with van der Waals surface area (Å²) in [5.74, 6) is -1.64. The van der Waals surface area contributed by atoms with Crippen molar-refractivity contribution in [3.8, 4) is 0 Å². The van der Waals surface area contributed by atoms with Crippen molar-refractivity contribution < 1.29 is 22.7 Å². The van der Waals surface area contributed by atoms with E-state index in [-0.39, 0.29) is 24.0 Å². The van der Waals surface area contributed by atoms with Gasteiger partial charge in [-0.3, -0.25) is 9.59 Å². The fourth-order valence-electron chi connectivity index (χ4n) is 3.52. The molecule has 0 saturated carbocycles. The molecule has 10 nitrogen and oxygen atoms in total. The van der Waals surface area contributed by atoms with Gasteiger partial charge in [-0.05, 0) is 55.2 Å². The number of hydrogen-bond donors (Lipinski definition) is 2. The number of aromatic nitrogens is 3. The number of benzene rings is 2. The highest BCUT2D eigenvalue weighted by Gasteiger charge is 2.29. The summed E-state index contributed by atoms with van der Waals surface area (Å²) < 4.78 is 34.0. The molecule has 0 saturated heterocycles. The minimum Gasteiger partial charge on any atom is -0.465 e. The summed E-state index contributed by atoms with van der Waals surface area (Å²) in [6, 6.07) is 13.1. The van der Waals surface area contributed by atoms with Crippen molar-refractivity contribution in [2.24, 2.45) is 11.8 Å². The van der Waals surface area contributed by atoms with E-state index in [0.29, 0.717) is 29.4 Å². The Morgan fingerprint density at radius 1 is 1.14 bits per heavy atom. The first-order valence-corrected chi connectivity index (χ1v) is 13.6. The third-order valence-corrected chi connectivity index (χ3v) is 6.93. The molecule has 1 heterocycles. The maximum absolute atomic E-state index is 12.7. The van der Waals surface area contributed by atoms with Gasteiger partial charge in [0.1, 0.15) is 5.92 Å². The van der Waals surface area contributed by atoms with Gasteiger partial charge in [-0.1, -0.05) is 48.9 Å². The highest BCUT2D eigenvalue weighted by atomic mass is 35.5. The van der Waals surface area contributed by atoms with Gasteiger partial charge in [0, 0.05) is 10.7 Å². The third-order valence-electron chi connectivity index (χ3n) is 5.30. The lowest BCUT2D eigenvalue weighted by Gasteiger charge is -2.17. The van der Waals surface area contributed by atoms with Crippen LogP contribution in [-0.2, 0) is 37.4 Å². The van der Waals surface area contributed by atoms with Crippen LogP contribution in [0.2, 0.25) is 5.02 Å². The van der Waals surface area contributed by atoms with Gasteiger partial charge in [-0.15, -0.1) is 5.10 Å². The van der Waals surface area contributed by atoms with E-state index in [2.05, 4.69) is 20.4 Å². The highest BCUT2D eigenvalue weighted by Crippen LogP contribution is 2.18. The van der Waals surface area contributed by atoms with Crippen LogP contribution < -0.4 is 10.0 Å². The van der Waals surface area contributed by atoms with Crippen LogP contribution in [0.5, 0.6) is 0 Å². The molecule has 12 heteroatoms. The second-order valence-corrected chi connectivity index (χ2v) is 11.0. The van der Waals surface area contributed by atoms with Crippen molar-refractivity contribution in [3.63, 3.8) is 0 Å². The third kappa shape index (κ3) is 8.38. The molecule has 3 aromatic rings. The lowest BCUT2D eigenvalue weighted by atomic mass is 9.96. The molecule has 3 rings (SSSR count). The van der Waals surface area contributed by atoms with Crippen LogP contribution in [0, 0.1) is 11.8 Å². The number of nitrogens with zero attached hydrogens (tertiary/aromatic N) is 3. The molecule has 0 spiro atoms. The second-order valence-electron chi connectivity index (χ2n) is 8.81. The second kappa shape index (κ2) is 12.8. The molecule has 1 amide bonds. The van der Waals surface area contributed by atoms with E-state index in [1.165, 1.54) is 12.1 Å². The monoisotopic (exact) mass is 547 g/mol. The maximum Gasteiger partial charge on any atom is 0.318 e. The summed E-state index contributed by atoms with van der Waals surface area (Å²) in [4.78, 5) is 25.0. The molecule has 0 aliphatic rings. The Balaban J connectivity index is 1.57. The summed E-state index contributed by atoms with van der Waals surface area (Å²) in [5, 5.41) is 11.2. The van der Waals surface area contributed by atoms with Crippen molar-refractivity contribution in [1.82, 2.24) is 19.7 Å². The number of amides is 1. The van der Waals surface area contributed by atoms with Crippen molar-refractivity contribution in [3.05, 3.63) is 71.0 Å². The first-order valence-electron chi connectivity index (χ1n) is 11.8. The molecular weight excluding hydrogens is 518 g/mol. The normalized spacial score (nSPS) is 12.4. The molecule has 37 heavy (non-hydrogen) atoms. The van der Waals surface area contributed by atoms with Gasteiger partial charge in [0.25, 0.3) is 0 Å². The summed E-state index contributed by atoms with van der Waals surface area (Å²) in [6.07, 6.45) is 2.04. The highest BCUT2D eigenvalue weighted by molar-refractivity contribution is 7.89. The SMILES string of the molecule is CCOC(=O)C(CC(C)C)C(=O)Nc1ccc(Cn2cc(CNS(=O)(=O)c3cccc(Cl)c3)nn2)cc1. The number of nitrogens with one attached hydrogen (secondary N) is 2. The van der Waals surface area contributed by atoms with Gasteiger partial charge in [-0.25, -0.2) is 17.8 Å². The number of halogens is 1. The summed E-state index contributed by atoms with van der Waals surface area (Å²) in [5.41, 5.74) is 1.89. The Bertz CT molecular complexity index is 1330. The smallest absolute Gasteiger partial charge is 0.318 e. The number of rotatable bonds is 12. The molecule has 0 fully saturated rings. The van der Waals surface area contributed by atoms with Crippen LogP contribution in [0.4, 0.5) is 5.69 Å². The number of carbonyl (C=O) groups is 2. The first kappa shape index (κ1) is 28.3. The Labute approximate surface area is 221 Å². The Hall–Kier alpha value is -3.28. The Morgan fingerprint density at radius 3 is 2.51 bits per heavy atom. The molecule has 0 radical (unpaired) electrons. The van der Waals surface area contributed by atoms with Crippen molar-refractivity contribution in [2.75, 3.05) is 11.9 Å². The first-order chi connectivity index (χ1) is 17.6. The maximum atomic E-state index is 12.7. The van der Waals surface area contributed by atoms with Gasteiger partial charge in [-0.2, -0.15) is 0 Å². The van der Waals surface area contributed by atoms with E-state index in [0.717, 1.165) is 5.56 Å². The van der Waals surface area contributed by atoms with E-state index in [1.807, 2.05) is 26.0 Å². The summed E-state index contributed by atoms with van der Waals surface area (Å²) in [6.45, 7) is 6.17. The van der Waals surface area contributed by atoms with Crippen LogP contribution in [-0.4, -0.2) is 41.9 Å². The number of anilines is 1. The number of esters is 1. The summed E-state index contributed by atoms with van der Waals surface area (Å²) >= 11 is 5.88. The molecule has 2 aromatic carbocycles. The van der Waals surface area contributed by atoms with E-state index in [1.54, 1.807) is 42.1 Å². The lowest BCUT2D eigenvalue weighted by Crippen LogP contribution is -2.32. The van der Waals surface area contributed by atoms with Crippen LogP contribution in [0.1, 0.15) is 38.4 Å². The molecule has 0 bridgehead atoms. The van der Waals surface area contributed by atoms with Crippen LogP contribution >= 0.6 is 11.6 Å². The molecule has 1 aromatic heterocycles. The van der Waals surface area contributed by atoms with E-state index < -0.39 is 27.8 Å². The molecular formula is C25H30ClN5O5S. The van der Waals surface area contributed by atoms with E-state index in [9.17, 15) is 18.0 Å². The molecule has 2 N–H and O–H groups in total. The van der Waals surface area contributed by atoms with Crippen LogP contribution in [0.3, 0.4) is 0 Å². The molecule has 1 atom stereocenters. The minimum absolute atomic E-state index is 0.0299. The zero-order valence-electron chi connectivity index (χ0n) is 20.8. The van der Waals surface area contributed by atoms with Crippen molar-refractivity contribution in [1.29, 1.82) is 0 Å². The Kier molecular flexibility index (Phi) is 9.79. The van der Waals surface area contributed by atoms with Crippen molar-refractivity contribution >= 4 is 39.2 Å². The zero-order chi connectivity index (χ0) is 27.0. The van der Waals surface area contributed by atoms with Gasteiger partial charge >= 0.3 is 5.97 Å². The number of sulfonamides is 1. The minimum atomic E-state index is -3.74. The van der Waals surface area contributed by atoms with E-state index >= 15 is 0 Å². The quantitative estimate of drug-likeness (QED) is 0.261. The molecule has 0 aliphatic carbocycles. The molecule has 0 aliphatic heterocycles. The van der Waals surface area contributed by atoms with Gasteiger partial charge in [0.2, 0.25) is 15.9 Å². The standard InChI is InChI=1S/C25H30ClN5O5S/c1-4-36-25(33)23(12-17(2)3)24(32)28-20-10-8-18(9-11-20)15-31-16-21(29-30-31)14-27-37(34,35)22-7-5-6-19(26)13-22/h5-11,13,16-17,23,27H,4,12,14-15H2,1-3H3,(H,28,32). The number of ether oxygens (including phenoxy) is 1. The largest absolute Gasteiger partial charge is 0.465 e. The van der Waals surface area contributed by atoms with Gasteiger partial charge in [0.15, 0.2) is 0 Å². The van der Waals surface area contributed by atoms with Gasteiger partial charge < -0.3 is 10.1 Å². The van der Waals surface area contributed by atoms with Gasteiger partial charge in [0.05, 0.1) is 36.5 Å². The van der Waals surface area contributed by atoms with Crippen LogP contribution in [0.25, 0.3) is 0 Å². The average molecular weight is 548 g/mol.